The standard InChI is InChI=1S/C25H33N3O7S2/c1-12-16(15-10-27-11-26-20(36-7)22(27)37-15)19(28-18(12)17(13(2)29)21(28)30)23(31)34-14(3)35-24(32)33-9-8-25(4,5)6/h10-14,17-18,29H,8-9H2,1-7H3/t12-,13+,14?,17+,18+/m0/s1. The number of amides is 1. The normalized spacial score (nSPS) is 23.1. The minimum absolute atomic E-state index is 0.00883. The first kappa shape index (κ1) is 27.5. The number of esters is 1. The quantitative estimate of drug-likeness (QED) is 0.223. The fourth-order valence-corrected chi connectivity index (χ4v) is 6.69. The molecule has 2 aliphatic rings. The number of imidazole rings is 1. The molecule has 0 saturated carbocycles. The summed E-state index contributed by atoms with van der Waals surface area (Å²) in [6.07, 6.45) is 3.16. The third-order valence-corrected chi connectivity index (χ3v) is 8.57. The molecule has 2 aromatic heterocycles. The minimum atomic E-state index is -1.23. The Bertz CT molecular complexity index is 1240. The lowest BCUT2D eigenvalue weighted by atomic mass is 9.77. The molecule has 2 aromatic rings. The van der Waals surface area contributed by atoms with Crippen molar-refractivity contribution in [2.75, 3.05) is 12.9 Å². The van der Waals surface area contributed by atoms with Crippen LogP contribution in [0.15, 0.2) is 23.2 Å². The van der Waals surface area contributed by atoms with Crippen LogP contribution in [0.25, 0.3) is 10.4 Å². The predicted octanol–water partition coefficient (Wildman–Crippen LogP) is 4.16. The second-order valence-corrected chi connectivity index (χ2v) is 12.4. The smallest absolute Gasteiger partial charge is 0.434 e. The number of thioether (sulfide) groups is 1. The molecule has 5 atom stereocenters. The number of hydrogen-bond acceptors (Lipinski definition) is 10. The van der Waals surface area contributed by atoms with Crippen molar-refractivity contribution >= 4 is 51.5 Å². The van der Waals surface area contributed by atoms with Crippen molar-refractivity contribution in [2.24, 2.45) is 17.3 Å². The second-order valence-electron chi connectivity index (χ2n) is 10.6. The van der Waals surface area contributed by atoms with Crippen molar-refractivity contribution in [3.05, 3.63) is 23.1 Å². The molecular weight excluding hydrogens is 518 g/mol. The lowest BCUT2D eigenvalue weighted by Gasteiger charge is -2.46. The molecule has 1 saturated heterocycles. The zero-order valence-electron chi connectivity index (χ0n) is 22.0. The number of carbonyl (C=O) groups excluding carboxylic acids is 3. The van der Waals surface area contributed by atoms with Gasteiger partial charge in [0.25, 0.3) is 0 Å². The first-order valence-electron chi connectivity index (χ1n) is 12.1. The molecule has 1 amide bonds. The summed E-state index contributed by atoms with van der Waals surface area (Å²) in [7, 11) is 0. The minimum Gasteiger partial charge on any atom is -0.434 e. The summed E-state index contributed by atoms with van der Waals surface area (Å²) in [6, 6.07) is -0.372. The average Bonchev–Trinajstić information content (AvgIpc) is 3.41. The van der Waals surface area contributed by atoms with E-state index in [0.29, 0.717) is 12.0 Å². The highest BCUT2D eigenvalue weighted by molar-refractivity contribution is 7.98. The van der Waals surface area contributed by atoms with E-state index >= 15 is 0 Å². The van der Waals surface area contributed by atoms with Gasteiger partial charge in [0.05, 0.1) is 29.5 Å². The molecule has 1 N–H and O–H groups in total. The predicted molar refractivity (Wildman–Crippen MR) is 139 cm³/mol. The zero-order valence-corrected chi connectivity index (χ0v) is 23.6. The van der Waals surface area contributed by atoms with Gasteiger partial charge >= 0.3 is 12.1 Å². The van der Waals surface area contributed by atoms with Crippen molar-refractivity contribution in [2.45, 2.75) is 71.4 Å². The second kappa shape index (κ2) is 10.3. The molecule has 0 spiro atoms. The molecule has 2 aliphatic heterocycles. The summed E-state index contributed by atoms with van der Waals surface area (Å²) in [5.41, 5.74) is 0.761. The Balaban J connectivity index is 1.58. The molecule has 10 nitrogen and oxygen atoms in total. The number of rotatable bonds is 8. The number of β-lactam (4-membered cyclic amide) rings is 1. The van der Waals surface area contributed by atoms with Gasteiger partial charge in [-0.05, 0) is 25.0 Å². The maximum absolute atomic E-state index is 13.4. The maximum Gasteiger partial charge on any atom is 0.511 e. The third kappa shape index (κ3) is 5.23. The zero-order chi connectivity index (χ0) is 27.2. The van der Waals surface area contributed by atoms with Crippen LogP contribution in [0.5, 0.6) is 0 Å². The van der Waals surface area contributed by atoms with Crippen molar-refractivity contribution in [1.29, 1.82) is 0 Å². The van der Waals surface area contributed by atoms with Crippen LogP contribution in [-0.4, -0.2) is 68.7 Å². The summed E-state index contributed by atoms with van der Waals surface area (Å²) in [5.74, 6) is -1.96. The first-order valence-corrected chi connectivity index (χ1v) is 14.2. The lowest BCUT2D eigenvalue weighted by molar-refractivity contribution is -0.173. The largest absolute Gasteiger partial charge is 0.511 e. The molecule has 1 fully saturated rings. The van der Waals surface area contributed by atoms with Gasteiger partial charge < -0.3 is 24.2 Å². The van der Waals surface area contributed by atoms with E-state index in [4.69, 9.17) is 14.2 Å². The highest BCUT2D eigenvalue weighted by Gasteiger charge is 2.60. The highest BCUT2D eigenvalue weighted by Crippen LogP contribution is 2.52. The van der Waals surface area contributed by atoms with Gasteiger partial charge in [0.1, 0.15) is 21.9 Å². The molecule has 0 radical (unpaired) electrons. The van der Waals surface area contributed by atoms with Crippen molar-refractivity contribution in [3.63, 3.8) is 0 Å². The SMILES string of the molecule is CSc1ncn2cc(C3=C(C(=O)OC(C)OC(=O)OCCC(C)(C)C)N4C(=O)[C@H]([C@@H](C)O)[C@H]4[C@H]3C)sc12. The monoisotopic (exact) mass is 551 g/mol. The number of ether oxygens (including phenoxy) is 3. The van der Waals surface area contributed by atoms with E-state index in [9.17, 15) is 19.5 Å². The van der Waals surface area contributed by atoms with Crippen LogP contribution in [0.3, 0.4) is 0 Å². The first-order chi connectivity index (χ1) is 17.3. The molecule has 12 heteroatoms. The van der Waals surface area contributed by atoms with E-state index in [-0.39, 0.29) is 35.6 Å². The lowest BCUT2D eigenvalue weighted by Crippen LogP contribution is -2.63. The van der Waals surface area contributed by atoms with Gasteiger partial charge in [-0.1, -0.05) is 27.7 Å². The number of aromatic nitrogens is 2. The molecule has 0 bridgehead atoms. The number of hydrogen-bond donors (Lipinski definition) is 1. The number of thiazole rings is 1. The Labute approximate surface area is 224 Å². The van der Waals surface area contributed by atoms with Crippen LogP contribution in [0.4, 0.5) is 4.79 Å². The van der Waals surface area contributed by atoms with Crippen molar-refractivity contribution in [3.8, 4) is 0 Å². The van der Waals surface area contributed by atoms with Gasteiger partial charge in [0, 0.05) is 24.6 Å². The van der Waals surface area contributed by atoms with E-state index in [2.05, 4.69) is 4.98 Å². The van der Waals surface area contributed by atoms with Gasteiger partial charge in [-0.25, -0.2) is 14.6 Å². The highest BCUT2D eigenvalue weighted by atomic mass is 32.2. The molecule has 202 valence electrons. The van der Waals surface area contributed by atoms with Crippen LogP contribution < -0.4 is 0 Å². The van der Waals surface area contributed by atoms with Gasteiger partial charge in [-0.15, -0.1) is 23.1 Å². The van der Waals surface area contributed by atoms with Crippen LogP contribution in [0, 0.1) is 17.3 Å². The summed E-state index contributed by atoms with van der Waals surface area (Å²) in [4.78, 5) is 46.0. The Morgan fingerprint density at radius 3 is 2.59 bits per heavy atom. The summed E-state index contributed by atoms with van der Waals surface area (Å²) < 4.78 is 17.5. The van der Waals surface area contributed by atoms with Crippen LogP contribution in [0.2, 0.25) is 0 Å². The van der Waals surface area contributed by atoms with E-state index < -0.39 is 30.4 Å². The third-order valence-electron chi connectivity index (χ3n) is 6.61. The van der Waals surface area contributed by atoms with Crippen LogP contribution in [-0.2, 0) is 23.8 Å². The topological polar surface area (TPSA) is 120 Å². The Kier molecular flexibility index (Phi) is 7.64. The number of aliphatic hydroxyl groups excluding tert-OH is 1. The van der Waals surface area contributed by atoms with Crippen LogP contribution in [0.1, 0.15) is 52.8 Å². The van der Waals surface area contributed by atoms with E-state index in [1.165, 1.54) is 34.9 Å². The molecule has 0 aliphatic carbocycles. The van der Waals surface area contributed by atoms with Gasteiger partial charge in [-0.2, -0.15) is 0 Å². The van der Waals surface area contributed by atoms with Gasteiger partial charge in [0.2, 0.25) is 12.2 Å². The fourth-order valence-electron chi connectivity index (χ4n) is 4.77. The molecular formula is C25H33N3O7S2. The Morgan fingerprint density at radius 2 is 1.97 bits per heavy atom. The Morgan fingerprint density at radius 1 is 1.27 bits per heavy atom. The Hall–Kier alpha value is -2.57. The van der Waals surface area contributed by atoms with Gasteiger partial charge in [0.15, 0.2) is 0 Å². The summed E-state index contributed by atoms with van der Waals surface area (Å²) in [5, 5.41) is 11.1. The summed E-state index contributed by atoms with van der Waals surface area (Å²) in [6.45, 7) is 11.2. The molecule has 4 heterocycles. The van der Waals surface area contributed by atoms with E-state index in [1.807, 2.05) is 44.5 Å². The van der Waals surface area contributed by atoms with Crippen molar-refractivity contribution in [1.82, 2.24) is 14.3 Å². The average molecular weight is 552 g/mol. The maximum atomic E-state index is 13.4. The summed E-state index contributed by atoms with van der Waals surface area (Å²) >= 11 is 2.99. The van der Waals surface area contributed by atoms with Gasteiger partial charge in [-0.3, -0.25) is 9.20 Å². The van der Waals surface area contributed by atoms with E-state index in [0.717, 1.165) is 14.7 Å². The molecule has 1 unspecified atom stereocenters. The molecule has 0 aromatic carbocycles. The number of carbonyl (C=O) groups is 3. The molecule has 4 rings (SSSR count). The number of aliphatic hydroxyl groups is 1. The van der Waals surface area contributed by atoms with E-state index in [1.54, 1.807) is 13.3 Å². The number of fused-ring (bicyclic) bond motifs is 2. The van der Waals surface area contributed by atoms with Crippen LogP contribution >= 0.6 is 23.1 Å². The molecule has 37 heavy (non-hydrogen) atoms. The fraction of sp³-hybridized carbons (Fsp3) is 0.600. The number of nitrogens with zero attached hydrogens (tertiary/aromatic N) is 3. The van der Waals surface area contributed by atoms with Crippen molar-refractivity contribution < 1.29 is 33.7 Å².